The number of aryl methyl sites for hydroxylation is 1. The molecule has 0 bridgehead atoms. The molecule has 1 aromatic rings. The van der Waals surface area contributed by atoms with Crippen molar-refractivity contribution in [3.63, 3.8) is 0 Å². The molecule has 2 fully saturated rings. The molecule has 1 aromatic heterocycles. The van der Waals surface area contributed by atoms with E-state index < -0.39 is 0 Å². The number of hydrogen-bond acceptors (Lipinski definition) is 4. The first-order chi connectivity index (χ1) is 8.74. The Kier molecular flexibility index (Phi) is 3.13. The summed E-state index contributed by atoms with van der Waals surface area (Å²) >= 11 is 0. The van der Waals surface area contributed by atoms with Crippen LogP contribution in [0.1, 0.15) is 31.1 Å². The van der Waals surface area contributed by atoms with Crippen LogP contribution in [0.3, 0.4) is 0 Å². The molecule has 100 valence electrons. The maximum atomic E-state index is 5.86. The van der Waals surface area contributed by atoms with E-state index in [-0.39, 0.29) is 5.79 Å². The van der Waals surface area contributed by atoms with Gasteiger partial charge in [0.15, 0.2) is 5.79 Å². The van der Waals surface area contributed by atoms with E-state index in [1.54, 1.807) is 0 Å². The van der Waals surface area contributed by atoms with Crippen molar-refractivity contribution in [2.45, 2.75) is 44.1 Å². The van der Waals surface area contributed by atoms with E-state index in [0.29, 0.717) is 12.1 Å². The highest BCUT2D eigenvalue weighted by Crippen LogP contribution is 2.41. The minimum atomic E-state index is -0.352. The molecule has 0 radical (unpaired) electrons. The fraction of sp³-hybridized carbons (Fsp3) is 0.769. The Balaban J connectivity index is 1.86. The lowest BCUT2D eigenvalue weighted by molar-refractivity contribution is -0.188. The van der Waals surface area contributed by atoms with Gasteiger partial charge in [-0.1, -0.05) is 0 Å². The van der Waals surface area contributed by atoms with E-state index in [4.69, 9.17) is 9.47 Å². The summed E-state index contributed by atoms with van der Waals surface area (Å²) in [6.45, 7) is 3.49. The fourth-order valence-corrected chi connectivity index (χ4v) is 3.26. The normalized spacial score (nSPS) is 31.0. The van der Waals surface area contributed by atoms with Gasteiger partial charge in [0, 0.05) is 31.3 Å². The molecule has 2 heterocycles. The molecular formula is C13H21N3O2. The molecule has 2 aliphatic rings. The van der Waals surface area contributed by atoms with Gasteiger partial charge < -0.3 is 19.4 Å². The highest BCUT2D eigenvalue weighted by atomic mass is 16.7. The molecule has 1 saturated carbocycles. The van der Waals surface area contributed by atoms with E-state index in [0.717, 1.165) is 38.3 Å². The summed E-state index contributed by atoms with van der Waals surface area (Å²) < 4.78 is 14.0. The summed E-state index contributed by atoms with van der Waals surface area (Å²) in [4.78, 5) is 4.33. The summed E-state index contributed by atoms with van der Waals surface area (Å²) in [6, 6.07) is 0.806. The van der Waals surface area contributed by atoms with Gasteiger partial charge in [-0.15, -0.1) is 0 Å². The van der Waals surface area contributed by atoms with Crippen LogP contribution < -0.4 is 5.32 Å². The zero-order valence-corrected chi connectivity index (χ0v) is 11.1. The molecule has 1 aliphatic carbocycles. The number of rotatable bonds is 2. The van der Waals surface area contributed by atoms with Crippen LogP contribution in [0.25, 0.3) is 0 Å². The number of aromatic nitrogens is 2. The van der Waals surface area contributed by atoms with Crippen LogP contribution in [0.4, 0.5) is 0 Å². The Labute approximate surface area is 107 Å². The Morgan fingerprint density at radius 2 is 2.22 bits per heavy atom. The average Bonchev–Trinajstić information content (AvgIpc) is 2.99. The first-order valence-corrected chi connectivity index (χ1v) is 6.69. The number of hydrogen-bond donors (Lipinski definition) is 1. The molecule has 5 heteroatoms. The van der Waals surface area contributed by atoms with Crippen LogP contribution in [0, 0.1) is 6.92 Å². The highest BCUT2D eigenvalue weighted by Gasteiger charge is 2.45. The van der Waals surface area contributed by atoms with Gasteiger partial charge >= 0.3 is 0 Å². The summed E-state index contributed by atoms with van der Waals surface area (Å²) in [6.07, 6.45) is 6.86. The summed E-state index contributed by atoms with van der Waals surface area (Å²) in [5.41, 5.74) is 0. The number of imidazole rings is 1. The van der Waals surface area contributed by atoms with Crippen molar-refractivity contribution >= 4 is 0 Å². The van der Waals surface area contributed by atoms with Gasteiger partial charge in [-0.25, -0.2) is 4.98 Å². The van der Waals surface area contributed by atoms with E-state index in [1.807, 2.05) is 20.2 Å². The third kappa shape index (κ3) is 1.96. The Morgan fingerprint density at radius 3 is 2.83 bits per heavy atom. The van der Waals surface area contributed by atoms with Crippen LogP contribution >= 0.6 is 0 Å². The van der Waals surface area contributed by atoms with Crippen LogP contribution in [0.5, 0.6) is 0 Å². The summed E-state index contributed by atoms with van der Waals surface area (Å²) in [5, 5.41) is 3.42. The van der Waals surface area contributed by atoms with Crippen LogP contribution in [-0.2, 0) is 9.47 Å². The SMILES string of the molecule is CNC1CCC2(CC1n1ccnc1C)OCCO2. The molecule has 5 nitrogen and oxygen atoms in total. The number of nitrogens with one attached hydrogen (secondary N) is 1. The van der Waals surface area contributed by atoms with Crippen LogP contribution in [0.15, 0.2) is 12.4 Å². The second kappa shape index (κ2) is 4.64. The average molecular weight is 251 g/mol. The molecule has 1 N–H and O–H groups in total. The largest absolute Gasteiger partial charge is 0.347 e. The molecule has 0 aromatic carbocycles. The number of ether oxygens (including phenoxy) is 2. The van der Waals surface area contributed by atoms with Gasteiger partial charge in [-0.05, 0) is 20.4 Å². The zero-order chi connectivity index (χ0) is 12.6. The lowest BCUT2D eigenvalue weighted by Gasteiger charge is -2.41. The van der Waals surface area contributed by atoms with Gasteiger partial charge in [0.05, 0.1) is 19.3 Å². The van der Waals surface area contributed by atoms with E-state index in [9.17, 15) is 0 Å². The quantitative estimate of drug-likeness (QED) is 0.859. The predicted octanol–water partition coefficient (Wildman–Crippen LogP) is 1.25. The van der Waals surface area contributed by atoms with Crippen LogP contribution in [0.2, 0.25) is 0 Å². The second-order valence-corrected chi connectivity index (χ2v) is 5.19. The smallest absolute Gasteiger partial charge is 0.170 e. The number of nitrogens with zero attached hydrogens (tertiary/aromatic N) is 2. The molecule has 1 aliphatic heterocycles. The predicted molar refractivity (Wildman–Crippen MR) is 67.3 cm³/mol. The van der Waals surface area contributed by atoms with Crippen molar-refractivity contribution in [1.29, 1.82) is 0 Å². The highest BCUT2D eigenvalue weighted by molar-refractivity contribution is 5.00. The van der Waals surface area contributed by atoms with Gasteiger partial charge in [0.25, 0.3) is 0 Å². The molecule has 1 saturated heterocycles. The van der Waals surface area contributed by atoms with E-state index in [1.165, 1.54) is 0 Å². The van der Waals surface area contributed by atoms with Crippen molar-refractivity contribution in [1.82, 2.24) is 14.9 Å². The van der Waals surface area contributed by atoms with Gasteiger partial charge in [0.1, 0.15) is 5.82 Å². The third-order valence-electron chi connectivity index (χ3n) is 4.22. The third-order valence-corrected chi connectivity index (χ3v) is 4.22. The minimum Gasteiger partial charge on any atom is -0.347 e. The van der Waals surface area contributed by atoms with Crippen molar-refractivity contribution < 1.29 is 9.47 Å². The Morgan fingerprint density at radius 1 is 1.44 bits per heavy atom. The molecule has 18 heavy (non-hydrogen) atoms. The summed E-state index contributed by atoms with van der Waals surface area (Å²) in [7, 11) is 2.03. The van der Waals surface area contributed by atoms with Crippen LogP contribution in [-0.4, -0.2) is 41.6 Å². The lowest BCUT2D eigenvalue weighted by atomic mass is 9.85. The molecule has 0 amide bonds. The first-order valence-electron chi connectivity index (χ1n) is 6.69. The molecule has 2 unspecified atom stereocenters. The zero-order valence-electron chi connectivity index (χ0n) is 11.1. The molecule has 1 spiro atoms. The van der Waals surface area contributed by atoms with Gasteiger partial charge in [-0.2, -0.15) is 0 Å². The maximum Gasteiger partial charge on any atom is 0.170 e. The Hall–Kier alpha value is -0.910. The van der Waals surface area contributed by atoms with Crippen molar-refractivity contribution in [3.8, 4) is 0 Å². The second-order valence-electron chi connectivity index (χ2n) is 5.19. The van der Waals surface area contributed by atoms with Gasteiger partial charge in [0.2, 0.25) is 0 Å². The molecular weight excluding hydrogens is 230 g/mol. The number of likely N-dealkylation sites (N-methyl/N-ethyl adjacent to an activating group) is 1. The first kappa shape index (κ1) is 12.1. The topological polar surface area (TPSA) is 48.3 Å². The molecule has 2 atom stereocenters. The van der Waals surface area contributed by atoms with Crippen molar-refractivity contribution in [2.75, 3.05) is 20.3 Å². The van der Waals surface area contributed by atoms with E-state index in [2.05, 4.69) is 21.1 Å². The fourth-order valence-electron chi connectivity index (χ4n) is 3.26. The van der Waals surface area contributed by atoms with Gasteiger partial charge in [-0.3, -0.25) is 0 Å². The van der Waals surface area contributed by atoms with Crippen molar-refractivity contribution in [2.24, 2.45) is 0 Å². The Bertz CT molecular complexity index is 412. The summed E-state index contributed by atoms with van der Waals surface area (Å²) in [5.74, 6) is 0.699. The lowest BCUT2D eigenvalue weighted by Crippen LogP contribution is -2.47. The maximum absolute atomic E-state index is 5.86. The monoisotopic (exact) mass is 251 g/mol. The van der Waals surface area contributed by atoms with Crippen molar-refractivity contribution in [3.05, 3.63) is 18.2 Å². The minimum absolute atomic E-state index is 0.351. The molecule has 3 rings (SSSR count). The van der Waals surface area contributed by atoms with E-state index >= 15 is 0 Å². The standard InChI is InChI=1S/C13H21N3O2/c1-10-15-5-6-16(10)12-9-13(17-7-8-18-13)4-3-11(12)14-2/h5-6,11-12,14H,3-4,7-9H2,1-2H3.